The molecule has 0 radical (unpaired) electrons. The van der Waals surface area contributed by atoms with Crippen molar-refractivity contribution in [2.75, 3.05) is 20.2 Å². The summed E-state index contributed by atoms with van der Waals surface area (Å²) in [5.41, 5.74) is 0. The Hall–Kier alpha value is -1.02. The molecule has 5 nitrogen and oxygen atoms in total. The molecule has 7 heteroatoms. The lowest BCUT2D eigenvalue weighted by Crippen LogP contribution is -2.43. The largest absolute Gasteiger partial charge is 0.476 e. The molecule has 1 aliphatic carbocycles. The van der Waals surface area contributed by atoms with E-state index in [4.69, 9.17) is 16.3 Å². The number of hydrogen-bond donors (Lipinski definition) is 2. The molecule has 1 aliphatic rings. The first-order valence-corrected chi connectivity index (χ1v) is 7.02. The number of guanidine groups is 1. The van der Waals surface area contributed by atoms with Gasteiger partial charge >= 0.3 is 0 Å². The minimum atomic E-state index is 0. The lowest BCUT2D eigenvalue weighted by molar-refractivity contribution is 0.309. The third-order valence-corrected chi connectivity index (χ3v) is 3.14. The van der Waals surface area contributed by atoms with Gasteiger partial charge in [0.15, 0.2) is 5.96 Å². The highest BCUT2D eigenvalue weighted by Gasteiger charge is 2.11. The van der Waals surface area contributed by atoms with E-state index < -0.39 is 0 Å². The molecule has 0 aliphatic heterocycles. The van der Waals surface area contributed by atoms with Gasteiger partial charge in [-0.05, 0) is 18.9 Å². The van der Waals surface area contributed by atoms with Crippen LogP contribution in [0, 0.1) is 0 Å². The van der Waals surface area contributed by atoms with E-state index in [0.29, 0.717) is 30.1 Å². The van der Waals surface area contributed by atoms with Crippen molar-refractivity contribution >= 4 is 41.5 Å². The van der Waals surface area contributed by atoms with Crippen molar-refractivity contribution < 1.29 is 4.74 Å². The van der Waals surface area contributed by atoms with Gasteiger partial charge in [0.05, 0.1) is 11.6 Å². The second-order valence-electron chi connectivity index (χ2n) is 4.45. The van der Waals surface area contributed by atoms with E-state index in [1.54, 1.807) is 25.4 Å². The summed E-state index contributed by atoms with van der Waals surface area (Å²) in [5.74, 6) is 1.37. The minimum Gasteiger partial charge on any atom is -0.476 e. The first-order valence-electron chi connectivity index (χ1n) is 6.64. The average Bonchev–Trinajstić information content (AvgIpc) is 2.97. The van der Waals surface area contributed by atoms with Gasteiger partial charge in [0.2, 0.25) is 5.88 Å². The van der Waals surface area contributed by atoms with Crippen LogP contribution in [0.15, 0.2) is 35.5 Å². The summed E-state index contributed by atoms with van der Waals surface area (Å²) in [6.07, 6.45) is 8.02. The van der Waals surface area contributed by atoms with Crippen molar-refractivity contribution in [1.29, 1.82) is 0 Å². The first-order chi connectivity index (χ1) is 9.78. The van der Waals surface area contributed by atoms with Crippen LogP contribution < -0.4 is 15.4 Å². The maximum Gasteiger partial charge on any atom is 0.213 e. The number of ether oxygens (including phenoxy) is 1. The average molecular weight is 423 g/mol. The summed E-state index contributed by atoms with van der Waals surface area (Å²) in [5, 5.41) is 7.17. The van der Waals surface area contributed by atoms with Gasteiger partial charge in [0.1, 0.15) is 6.61 Å². The van der Waals surface area contributed by atoms with Gasteiger partial charge in [-0.1, -0.05) is 23.8 Å². The zero-order valence-corrected chi connectivity index (χ0v) is 15.0. The van der Waals surface area contributed by atoms with E-state index >= 15 is 0 Å². The Morgan fingerprint density at radius 3 is 2.81 bits per heavy atom. The number of pyridine rings is 1. The zero-order valence-electron chi connectivity index (χ0n) is 11.9. The molecule has 0 unspecified atom stereocenters. The number of aliphatic imine (C=N–C) groups is 1. The maximum atomic E-state index is 5.75. The first kappa shape index (κ1) is 18.0. The van der Waals surface area contributed by atoms with Crippen LogP contribution in [0.25, 0.3) is 0 Å². The molecule has 0 saturated carbocycles. The van der Waals surface area contributed by atoms with E-state index in [1.807, 2.05) is 0 Å². The zero-order chi connectivity index (χ0) is 14.2. The summed E-state index contributed by atoms with van der Waals surface area (Å²) in [6, 6.07) is 3.95. The monoisotopic (exact) mass is 422 g/mol. The lowest BCUT2D eigenvalue weighted by atomic mass is 10.2. The Bertz CT molecular complexity index is 470. The number of hydrogen-bond acceptors (Lipinski definition) is 3. The SMILES string of the molecule is CN=C(NCCOc1ccc(Cl)cn1)NC1CC=CC1.I. The molecule has 1 aromatic heterocycles. The number of aromatic nitrogens is 1. The quantitative estimate of drug-likeness (QED) is 0.252. The summed E-state index contributed by atoms with van der Waals surface area (Å²) >= 11 is 5.75. The molecule has 0 fully saturated rings. The molecule has 0 bridgehead atoms. The van der Waals surface area contributed by atoms with Crippen molar-refractivity contribution in [3.8, 4) is 5.88 Å². The lowest BCUT2D eigenvalue weighted by Gasteiger charge is -2.16. The summed E-state index contributed by atoms with van der Waals surface area (Å²) in [4.78, 5) is 8.25. The molecular formula is C14H20ClIN4O. The highest BCUT2D eigenvalue weighted by atomic mass is 127. The maximum absolute atomic E-state index is 5.75. The topological polar surface area (TPSA) is 58.5 Å². The van der Waals surface area contributed by atoms with Crippen LogP contribution >= 0.6 is 35.6 Å². The van der Waals surface area contributed by atoms with Crippen LogP contribution in [0.4, 0.5) is 0 Å². The molecule has 1 aromatic rings. The van der Waals surface area contributed by atoms with E-state index in [1.165, 1.54) is 0 Å². The third-order valence-electron chi connectivity index (χ3n) is 2.92. The van der Waals surface area contributed by atoms with Gasteiger partial charge < -0.3 is 15.4 Å². The van der Waals surface area contributed by atoms with Crippen molar-refractivity contribution in [2.45, 2.75) is 18.9 Å². The number of rotatable bonds is 5. The van der Waals surface area contributed by atoms with Crippen molar-refractivity contribution in [2.24, 2.45) is 4.99 Å². The van der Waals surface area contributed by atoms with Crippen molar-refractivity contribution in [1.82, 2.24) is 15.6 Å². The van der Waals surface area contributed by atoms with Crippen LogP contribution in [-0.2, 0) is 0 Å². The van der Waals surface area contributed by atoms with Crippen LogP contribution in [0.1, 0.15) is 12.8 Å². The van der Waals surface area contributed by atoms with Crippen LogP contribution in [-0.4, -0.2) is 37.2 Å². The Labute approximate surface area is 147 Å². The van der Waals surface area contributed by atoms with Gasteiger partial charge in [-0.3, -0.25) is 4.99 Å². The molecule has 21 heavy (non-hydrogen) atoms. The van der Waals surface area contributed by atoms with E-state index in [9.17, 15) is 0 Å². The summed E-state index contributed by atoms with van der Waals surface area (Å²) in [6.45, 7) is 1.17. The van der Waals surface area contributed by atoms with E-state index in [0.717, 1.165) is 18.8 Å². The molecule has 0 spiro atoms. The van der Waals surface area contributed by atoms with E-state index in [2.05, 4.69) is 32.8 Å². The molecule has 0 saturated heterocycles. The van der Waals surface area contributed by atoms with E-state index in [-0.39, 0.29) is 24.0 Å². The van der Waals surface area contributed by atoms with Gasteiger partial charge in [0.25, 0.3) is 0 Å². The van der Waals surface area contributed by atoms with Crippen LogP contribution in [0.5, 0.6) is 5.88 Å². The van der Waals surface area contributed by atoms with Crippen molar-refractivity contribution in [3.05, 3.63) is 35.5 Å². The van der Waals surface area contributed by atoms with Gasteiger partial charge in [-0.15, -0.1) is 24.0 Å². The molecular weight excluding hydrogens is 403 g/mol. The van der Waals surface area contributed by atoms with Crippen LogP contribution in [0.2, 0.25) is 5.02 Å². The Morgan fingerprint density at radius 1 is 1.43 bits per heavy atom. The second-order valence-corrected chi connectivity index (χ2v) is 4.88. The smallest absolute Gasteiger partial charge is 0.213 e. The molecule has 1 heterocycles. The highest BCUT2D eigenvalue weighted by Crippen LogP contribution is 2.11. The summed E-state index contributed by atoms with van der Waals surface area (Å²) < 4.78 is 5.50. The molecule has 0 aromatic carbocycles. The fourth-order valence-electron chi connectivity index (χ4n) is 1.90. The fourth-order valence-corrected chi connectivity index (χ4v) is 2.01. The van der Waals surface area contributed by atoms with Gasteiger partial charge in [0, 0.05) is 25.4 Å². The Morgan fingerprint density at radius 2 is 2.19 bits per heavy atom. The van der Waals surface area contributed by atoms with Gasteiger partial charge in [-0.25, -0.2) is 4.98 Å². The molecule has 2 rings (SSSR count). The van der Waals surface area contributed by atoms with Crippen LogP contribution in [0.3, 0.4) is 0 Å². The number of nitrogens with zero attached hydrogens (tertiary/aromatic N) is 2. The Kier molecular flexibility index (Phi) is 8.44. The Balaban J connectivity index is 0.00000220. The fraction of sp³-hybridized carbons (Fsp3) is 0.429. The van der Waals surface area contributed by atoms with Crippen molar-refractivity contribution in [3.63, 3.8) is 0 Å². The predicted molar refractivity (Wildman–Crippen MR) is 96.8 cm³/mol. The molecule has 0 amide bonds. The third kappa shape index (κ3) is 6.52. The molecule has 116 valence electrons. The highest BCUT2D eigenvalue weighted by molar-refractivity contribution is 14.0. The standard InChI is InChI=1S/C14H19ClN4O.HI/c1-16-14(19-12-4-2-3-5-12)17-8-9-20-13-7-6-11(15)10-18-13;/h2-3,6-7,10,12H,4-5,8-9H2,1H3,(H2,16,17,19);1H. The van der Waals surface area contributed by atoms with Gasteiger partial charge in [-0.2, -0.15) is 0 Å². The normalized spacial score (nSPS) is 14.7. The number of halogens is 2. The molecule has 2 N–H and O–H groups in total. The minimum absolute atomic E-state index is 0. The molecule has 0 atom stereocenters. The number of nitrogens with one attached hydrogen (secondary N) is 2. The summed E-state index contributed by atoms with van der Waals surface area (Å²) in [7, 11) is 1.76. The predicted octanol–water partition coefficient (Wildman–Crippen LogP) is 2.62. The second kappa shape index (κ2) is 9.83.